The van der Waals surface area contributed by atoms with Gasteiger partial charge in [-0.25, -0.2) is 4.98 Å². The Labute approximate surface area is 123 Å². The summed E-state index contributed by atoms with van der Waals surface area (Å²) in [5.74, 6) is 1.56. The molecule has 4 nitrogen and oxygen atoms in total. The normalized spacial score (nSPS) is 15.9. The number of nitrogens with zero attached hydrogens (tertiary/aromatic N) is 2. The molecular weight excluding hydrogens is 262 g/mol. The summed E-state index contributed by atoms with van der Waals surface area (Å²) < 4.78 is 8.02. The Bertz CT molecular complexity index is 848. The van der Waals surface area contributed by atoms with Crippen LogP contribution in [0.3, 0.4) is 0 Å². The van der Waals surface area contributed by atoms with E-state index in [1.54, 1.807) is 0 Å². The smallest absolute Gasteiger partial charge is 0.139 e. The van der Waals surface area contributed by atoms with Crippen LogP contribution in [0.15, 0.2) is 42.6 Å². The van der Waals surface area contributed by atoms with Crippen molar-refractivity contribution in [3.8, 4) is 17.0 Å². The van der Waals surface area contributed by atoms with E-state index in [4.69, 9.17) is 10.5 Å². The zero-order valence-electron chi connectivity index (χ0n) is 12.1. The van der Waals surface area contributed by atoms with Gasteiger partial charge in [0.1, 0.15) is 28.5 Å². The molecule has 1 aliphatic heterocycles. The average Bonchev–Trinajstić information content (AvgIpc) is 2.94. The molecular formula is C17H17N3O. The molecule has 1 aliphatic rings. The van der Waals surface area contributed by atoms with Gasteiger partial charge in [0.2, 0.25) is 0 Å². The fraction of sp³-hybridized carbons (Fsp3) is 0.235. The van der Waals surface area contributed by atoms with Gasteiger partial charge in [0, 0.05) is 18.2 Å². The van der Waals surface area contributed by atoms with Crippen molar-refractivity contribution >= 4 is 11.5 Å². The summed E-state index contributed by atoms with van der Waals surface area (Å²) in [5.41, 5.74) is 9.93. The van der Waals surface area contributed by atoms with Crippen LogP contribution in [-0.4, -0.2) is 15.0 Å². The number of fused-ring (bicyclic) bond motifs is 2. The van der Waals surface area contributed by atoms with E-state index >= 15 is 0 Å². The molecule has 0 saturated heterocycles. The monoisotopic (exact) mass is 279 g/mol. The van der Waals surface area contributed by atoms with Gasteiger partial charge >= 0.3 is 0 Å². The Kier molecular flexibility index (Phi) is 2.34. The van der Waals surface area contributed by atoms with Crippen LogP contribution in [0, 0.1) is 0 Å². The Morgan fingerprint density at radius 3 is 2.86 bits per heavy atom. The lowest BCUT2D eigenvalue weighted by atomic mass is 10.00. The zero-order chi connectivity index (χ0) is 14.6. The Morgan fingerprint density at radius 2 is 2.05 bits per heavy atom. The Balaban J connectivity index is 1.95. The maximum Gasteiger partial charge on any atom is 0.139 e. The van der Waals surface area contributed by atoms with Crippen LogP contribution in [0.2, 0.25) is 0 Å². The van der Waals surface area contributed by atoms with E-state index in [-0.39, 0.29) is 5.60 Å². The molecule has 3 aromatic rings. The van der Waals surface area contributed by atoms with Gasteiger partial charge in [0.05, 0.1) is 0 Å². The van der Waals surface area contributed by atoms with E-state index in [0.717, 1.165) is 29.1 Å². The first-order valence-corrected chi connectivity index (χ1v) is 7.09. The van der Waals surface area contributed by atoms with Gasteiger partial charge in [-0.05, 0) is 37.6 Å². The molecule has 2 N–H and O–H groups in total. The topological polar surface area (TPSA) is 52.5 Å². The molecule has 0 amide bonds. The van der Waals surface area contributed by atoms with Crippen LogP contribution >= 0.6 is 0 Å². The number of rotatable bonds is 1. The predicted molar refractivity (Wildman–Crippen MR) is 83.5 cm³/mol. The summed E-state index contributed by atoms with van der Waals surface area (Å²) in [6.07, 6.45) is 2.83. The number of benzene rings is 1. The molecule has 4 heteroatoms. The number of hydrogen-bond acceptors (Lipinski definition) is 3. The van der Waals surface area contributed by atoms with Crippen LogP contribution in [0.25, 0.3) is 16.9 Å². The first-order chi connectivity index (χ1) is 10.1. The molecule has 21 heavy (non-hydrogen) atoms. The summed E-state index contributed by atoms with van der Waals surface area (Å²) in [7, 11) is 0. The van der Waals surface area contributed by atoms with Gasteiger partial charge in [-0.1, -0.05) is 18.2 Å². The number of pyridine rings is 1. The maximum atomic E-state index is 6.28. The second-order valence-corrected chi connectivity index (χ2v) is 6.11. The molecule has 0 radical (unpaired) electrons. The summed E-state index contributed by atoms with van der Waals surface area (Å²) in [6, 6.07) is 12.0. The number of nitrogen functional groups attached to an aromatic ring is 1. The lowest BCUT2D eigenvalue weighted by Crippen LogP contribution is -2.24. The highest BCUT2D eigenvalue weighted by atomic mass is 16.5. The number of nitrogens with two attached hydrogens (primary N) is 1. The van der Waals surface area contributed by atoms with E-state index in [1.807, 2.05) is 40.9 Å². The van der Waals surface area contributed by atoms with Crippen molar-refractivity contribution in [2.45, 2.75) is 25.9 Å². The number of para-hydroxylation sites is 1. The lowest BCUT2D eigenvalue weighted by Gasteiger charge is -2.18. The first-order valence-electron chi connectivity index (χ1n) is 7.09. The largest absolute Gasteiger partial charge is 0.487 e. The van der Waals surface area contributed by atoms with Gasteiger partial charge in [0.15, 0.2) is 0 Å². The van der Waals surface area contributed by atoms with E-state index in [0.29, 0.717) is 5.82 Å². The minimum Gasteiger partial charge on any atom is -0.487 e. The van der Waals surface area contributed by atoms with Crippen molar-refractivity contribution in [3.63, 3.8) is 0 Å². The molecule has 3 heterocycles. The lowest BCUT2D eigenvalue weighted by molar-refractivity contribution is 0.139. The van der Waals surface area contributed by atoms with Gasteiger partial charge in [0.25, 0.3) is 0 Å². The van der Waals surface area contributed by atoms with E-state index in [2.05, 4.69) is 24.9 Å². The molecule has 2 aromatic heterocycles. The van der Waals surface area contributed by atoms with Crippen molar-refractivity contribution in [1.29, 1.82) is 0 Å². The molecule has 1 aromatic carbocycles. The van der Waals surface area contributed by atoms with Crippen molar-refractivity contribution in [2.75, 3.05) is 5.73 Å². The van der Waals surface area contributed by atoms with E-state index < -0.39 is 0 Å². The first kappa shape index (κ1) is 12.3. The summed E-state index contributed by atoms with van der Waals surface area (Å²) in [5, 5.41) is 0. The van der Waals surface area contributed by atoms with Crippen LogP contribution in [-0.2, 0) is 6.42 Å². The van der Waals surface area contributed by atoms with Crippen LogP contribution in [0.5, 0.6) is 5.75 Å². The fourth-order valence-corrected chi connectivity index (χ4v) is 3.02. The standard InChI is InChI=1S/C17H17N3O/c1-17(2)10-11-6-5-7-12(15(11)21-17)14-16(18)20-9-4-3-8-13(20)19-14/h3-9H,10,18H2,1-2H3. The zero-order valence-corrected chi connectivity index (χ0v) is 12.1. The molecule has 0 bridgehead atoms. The second kappa shape index (κ2) is 4.01. The third kappa shape index (κ3) is 1.79. The highest BCUT2D eigenvalue weighted by molar-refractivity contribution is 5.80. The Hall–Kier alpha value is -2.49. The van der Waals surface area contributed by atoms with Gasteiger partial charge in [-0.3, -0.25) is 4.40 Å². The third-order valence-electron chi connectivity index (χ3n) is 3.91. The van der Waals surface area contributed by atoms with Gasteiger partial charge in [-0.15, -0.1) is 0 Å². The quantitative estimate of drug-likeness (QED) is 0.743. The molecule has 0 fully saturated rings. The average molecular weight is 279 g/mol. The number of anilines is 1. The highest BCUT2D eigenvalue weighted by Crippen LogP contribution is 2.43. The summed E-state index contributed by atoms with van der Waals surface area (Å²) in [6.45, 7) is 4.20. The fourth-order valence-electron chi connectivity index (χ4n) is 3.02. The molecule has 0 atom stereocenters. The molecule has 0 aliphatic carbocycles. The number of hydrogen-bond donors (Lipinski definition) is 1. The molecule has 4 rings (SSSR count). The molecule has 106 valence electrons. The molecule has 0 unspecified atom stereocenters. The highest BCUT2D eigenvalue weighted by Gasteiger charge is 2.32. The van der Waals surface area contributed by atoms with Crippen LogP contribution in [0.4, 0.5) is 5.82 Å². The van der Waals surface area contributed by atoms with Crippen molar-refractivity contribution in [2.24, 2.45) is 0 Å². The van der Waals surface area contributed by atoms with Gasteiger partial charge in [-0.2, -0.15) is 0 Å². The number of imidazole rings is 1. The minimum absolute atomic E-state index is 0.174. The van der Waals surface area contributed by atoms with Crippen molar-refractivity contribution in [3.05, 3.63) is 48.2 Å². The minimum atomic E-state index is -0.174. The van der Waals surface area contributed by atoms with Crippen molar-refractivity contribution in [1.82, 2.24) is 9.38 Å². The Morgan fingerprint density at radius 1 is 1.19 bits per heavy atom. The van der Waals surface area contributed by atoms with E-state index in [1.165, 1.54) is 5.56 Å². The summed E-state index contributed by atoms with van der Waals surface area (Å²) in [4.78, 5) is 4.67. The molecule has 0 spiro atoms. The second-order valence-electron chi connectivity index (χ2n) is 6.11. The number of aromatic nitrogens is 2. The predicted octanol–water partition coefficient (Wildman–Crippen LogP) is 3.30. The molecule has 0 saturated carbocycles. The van der Waals surface area contributed by atoms with Crippen molar-refractivity contribution < 1.29 is 4.74 Å². The third-order valence-corrected chi connectivity index (χ3v) is 3.91. The maximum absolute atomic E-state index is 6.28. The number of ether oxygens (including phenoxy) is 1. The van der Waals surface area contributed by atoms with Crippen LogP contribution < -0.4 is 10.5 Å². The van der Waals surface area contributed by atoms with Crippen LogP contribution in [0.1, 0.15) is 19.4 Å². The van der Waals surface area contributed by atoms with Gasteiger partial charge < -0.3 is 10.5 Å². The summed E-state index contributed by atoms with van der Waals surface area (Å²) >= 11 is 0. The van der Waals surface area contributed by atoms with E-state index in [9.17, 15) is 0 Å². The SMILES string of the molecule is CC1(C)Cc2cccc(-c3nc4ccccn4c3N)c2O1.